The van der Waals surface area contributed by atoms with Crippen LogP contribution in [0.5, 0.6) is 0 Å². The number of carboxylic acids is 1. The van der Waals surface area contributed by atoms with Crippen LogP contribution >= 0.6 is 11.6 Å². The lowest BCUT2D eigenvalue weighted by Gasteiger charge is -2.13. The summed E-state index contributed by atoms with van der Waals surface area (Å²) in [7, 11) is 1.50. The van der Waals surface area contributed by atoms with Crippen molar-refractivity contribution in [3.8, 4) is 11.3 Å². The molecule has 34 heavy (non-hydrogen) atoms. The fourth-order valence-electron chi connectivity index (χ4n) is 3.18. The molecule has 1 aromatic carbocycles. The van der Waals surface area contributed by atoms with E-state index < -0.39 is 17.7 Å². The van der Waals surface area contributed by atoms with Crippen LogP contribution in [0.1, 0.15) is 21.7 Å². The number of aromatic nitrogens is 4. The fraction of sp³-hybridized carbons (Fsp3) is 0.136. The lowest BCUT2D eigenvalue weighted by Crippen LogP contribution is -2.08. The molecule has 0 saturated carbocycles. The fourth-order valence-corrected chi connectivity index (χ4v) is 3.39. The Balaban J connectivity index is 1.78. The van der Waals surface area contributed by atoms with Crippen LogP contribution in [0.2, 0.25) is 5.02 Å². The first-order valence-electron chi connectivity index (χ1n) is 9.65. The lowest BCUT2D eigenvalue weighted by molar-refractivity contribution is -0.138. The second-order valence-corrected chi connectivity index (χ2v) is 7.48. The Morgan fingerprint density at radius 2 is 1.85 bits per heavy atom. The van der Waals surface area contributed by atoms with Gasteiger partial charge in [0, 0.05) is 30.5 Å². The molecule has 0 amide bonds. The van der Waals surface area contributed by atoms with Crippen molar-refractivity contribution in [3.05, 3.63) is 70.8 Å². The largest absolute Gasteiger partial charge is 0.477 e. The molecule has 4 aromatic rings. The molecule has 2 N–H and O–H groups in total. The highest BCUT2D eigenvalue weighted by Crippen LogP contribution is 2.33. The quantitative estimate of drug-likeness (QED) is 0.373. The van der Waals surface area contributed by atoms with Crippen LogP contribution in [0.4, 0.5) is 24.8 Å². The highest BCUT2D eigenvalue weighted by atomic mass is 35.5. The third kappa shape index (κ3) is 4.90. The third-order valence-corrected chi connectivity index (χ3v) is 5.02. The van der Waals surface area contributed by atoms with Crippen LogP contribution in [-0.4, -0.2) is 38.1 Å². The van der Waals surface area contributed by atoms with Crippen LogP contribution < -0.4 is 5.32 Å². The molecule has 3 aromatic heterocycles. The maximum Gasteiger partial charge on any atom is 0.419 e. The standard InChI is InChI=1S/C22H15ClF3N5O3/c1-34-10-13-7-18(31-21-27-8-12(9-28-21)22(24,25)26)14-3-2-11(6-17(14)29-13)19-15(23)4-5-16(30-19)20(32)33/h2-9H,10H2,1H3,(H,32,33)(H,27,28,29,31). The number of methoxy groups -OCH3 is 1. The number of anilines is 2. The van der Waals surface area contributed by atoms with Gasteiger partial charge < -0.3 is 15.2 Å². The Labute approximate surface area is 195 Å². The highest BCUT2D eigenvalue weighted by molar-refractivity contribution is 6.33. The summed E-state index contributed by atoms with van der Waals surface area (Å²) in [4.78, 5) is 27.5. The molecule has 0 unspecified atom stereocenters. The number of carbonyl (C=O) groups is 1. The Morgan fingerprint density at radius 1 is 1.12 bits per heavy atom. The molecular formula is C22H15ClF3N5O3. The Hall–Kier alpha value is -3.83. The Kier molecular flexibility index (Phi) is 6.31. The first kappa shape index (κ1) is 23.3. The maximum absolute atomic E-state index is 12.8. The van der Waals surface area contributed by atoms with E-state index in [0.717, 1.165) is 0 Å². The van der Waals surface area contributed by atoms with E-state index in [1.807, 2.05) is 0 Å². The van der Waals surface area contributed by atoms with Crippen molar-refractivity contribution in [2.45, 2.75) is 12.8 Å². The molecule has 174 valence electrons. The third-order valence-electron chi connectivity index (χ3n) is 4.72. The minimum absolute atomic E-state index is 0.0354. The number of alkyl halides is 3. The van der Waals surface area contributed by atoms with E-state index in [2.05, 4.69) is 25.3 Å². The number of aromatic carboxylic acids is 1. The predicted octanol–water partition coefficient (Wildman–Crippen LogP) is 5.35. The average Bonchev–Trinajstić information content (AvgIpc) is 2.79. The van der Waals surface area contributed by atoms with Gasteiger partial charge in [0.05, 0.1) is 39.8 Å². The molecule has 0 aliphatic carbocycles. The van der Waals surface area contributed by atoms with Crippen molar-refractivity contribution in [1.82, 2.24) is 19.9 Å². The molecule has 0 spiro atoms. The zero-order valence-electron chi connectivity index (χ0n) is 17.4. The van der Waals surface area contributed by atoms with E-state index in [0.29, 0.717) is 40.2 Å². The molecule has 0 atom stereocenters. The second kappa shape index (κ2) is 9.20. The van der Waals surface area contributed by atoms with Gasteiger partial charge in [0.2, 0.25) is 5.95 Å². The predicted molar refractivity (Wildman–Crippen MR) is 118 cm³/mol. The first-order valence-corrected chi connectivity index (χ1v) is 10.0. The van der Waals surface area contributed by atoms with E-state index in [-0.39, 0.29) is 29.0 Å². The summed E-state index contributed by atoms with van der Waals surface area (Å²) in [5, 5.41) is 13.0. The summed E-state index contributed by atoms with van der Waals surface area (Å²) in [6.07, 6.45) is -3.16. The number of ether oxygens (including phenoxy) is 1. The number of fused-ring (bicyclic) bond motifs is 1. The summed E-state index contributed by atoms with van der Waals surface area (Å²) in [5.41, 5.74) is 1.17. The van der Waals surface area contributed by atoms with Crippen LogP contribution in [0, 0.1) is 0 Å². The van der Waals surface area contributed by atoms with Crippen molar-refractivity contribution in [1.29, 1.82) is 0 Å². The van der Waals surface area contributed by atoms with Crippen LogP contribution in [0.3, 0.4) is 0 Å². The van der Waals surface area contributed by atoms with Gasteiger partial charge in [-0.2, -0.15) is 13.2 Å². The molecule has 0 aliphatic heterocycles. The van der Waals surface area contributed by atoms with Crippen molar-refractivity contribution in [3.63, 3.8) is 0 Å². The molecule has 0 fully saturated rings. The molecule has 0 saturated heterocycles. The van der Waals surface area contributed by atoms with E-state index >= 15 is 0 Å². The molecule has 0 bridgehead atoms. The molecule has 0 aliphatic rings. The molecule has 3 heterocycles. The van der Waals surface area contributed by atoms with Crippen molar-refractivity contribution in [2.75, 3.05) is 12.4 Å². The number of hydrogen-bond acceptors (Lipinski definition) is 7. The second-order valence-electron chi connectivity index (χ2n) is 7.08. The minimum Gasteiger partial charge on any atom is -0.477 e. The number of pyridine rings is 2. The van der Waals surface area contributed by atoms with Crippen LogP contribution in [-0.2, 0) is 17.5 Å². The van der Waals surface area contributed by atoms with E-state index in [1.54, 1.807) is 24.3 Å². The van der Waals surface area contributed by atoms with Gasteiger partial charge in [-0.1, -0.05) is 23.7 Å². The van der Waals surface area contributed by atoms with E-state index in [1.165, 1.54) is 19.2 Å². The zero-order chi connectivity index (χ0) is 24.5. The SMILES string of the molecule is COCc1cc(Nc2ncc(C(F)(F)F)cn2)c2ccc(-c3nc(C(=O)O)ccc3Cl)cc2n1. The first-order chi connectivity index (χ1) is 16.2. The molecule has 4 rings (SSSR count). The van der Waals surface area contributed by atoms with Gasteiger partial charge in [-0.3, -0.25) is 4.98 Å². The highest BCUT2D eigenvalue weighted by Gasteiger charge is 2.31. The summed E-state index contributed by atoms with van der Waals surface area (Å²) >= 11 is 6.25. The van der Waals surface area contributed by atoms with Gasteiger partial charge in [0.1, 0.15) is 5.69 Å². The topological polar surface area (TPSA) is 110 Å². The number of hydrogen-bond donors (Lipinski definition) is 2. The zero-order valence-corrected chi connectivity index (χ0v) is 18.1. The summed E-state index contributed by atoms with van der Waals surface area (Å²) in [6, 6.07) is 9.47. The number of rotatable bonds is 6. The Morgan fingerprint density at radius 3 is 2.50 bits per heavy atom. The van der Waals surface area contributed by atoms with Crippen LogP contribution in [0.15, 0.2) is 48.8 Å². The van der Waals surface area contributed by atoms with Gasteiger partial charge in [0.15, 0.2) is 0 Å². The summed E-state index contributed by atoms with van der Waals surface area (Å²) in [5.74, 6) is -1.23. The number of nitrogens with one attached hydrogen (secondary N) is 1. The van der Waals surface area contributed by atoms with Gasteiger partial charge in [0.25, 0.3) is 0 Å². The molecular weight excluding hydrogens is 475 g/mol. The maximum atomic E-state index is 12.8. The average molecular weight is 490 g/mol. The minimum atomic E-state index is -4.54. The number of halogens is 4. The van der Waals surface area contributed by atoms with Gasteiger partial charge in [-0.15, -0.1) is 0 Å². The van der Waals surface area contributed by atoms with Crippen molar-refractivity contribution in [2.24, 2.45) is 0 Å². The van der Waals surface area contributed by atoms with Crippen LogP contribution in [0.25, 0.3) is 22.2 Å². The molecule has 8 nitrogen and oxygen atoms in total. The number of carboxylic acid groups (broad SMARTS) is 1. The Bertz CT molecular complexity index is 1380. The summed E-state index contributed by atoms with van der Waals surface area (Å²) in [6.45, 7) is 0.163. The normalized spacial score (nSPS) is 11.6. The molecule has 0 radical (unpaired) electrons. The molecule has 12 heteroatoms. The van der Waals surface area contributed by atoms with Crippen molar-refractivity contribution < 1.29 is 27.8 Å². The van der Waals surface area contributed by atoms with E-state index in [9.17, 15) is 23.1 Å². The van der Waals surface area contributed by atoms with Gasteiger partial charge >= 0.3 is 12.1 Å². The number of benzene rings is 1. The monoisotopic (exact) mass is 489 g/mol. The number of nitrogens with zero attached hydrogens (tertiary/aromatic N) is 4. The lowest BCUT2D eigenvalue weighted by atomic mass is 10.1. The van der Waals surface area contributed by atoms with E-state index in [4.69, 9.17) is 16.3 Å². The van der Waals surface area contributed by atoms with Gasteiger partial charge in [-0.25, -0.2) is 19.7 Å². The van der Waals surface area contributed by atoms with Gasteiger partial charge in [-0.05, 0) is 24.3 Å². The summed E-state index contributed by atoms with van der Waals surface area (Å²) < 4.78 is 43.6. The van der Waals surface area contributed by atoms with Crippen molar-refractivity contribution >= 4 is 40.1 Å². The smallest absolute Gasteiger partial charge is 0.419 e.